The van der Waals surface area contributed by atoms with Crippen molar-refractivity contribution in [1.29, 1.82) is 0 Å². The quantitative estimate of drug-likeness (QED) is 0.816. The SMILES string of the molecule is CCN(C(=O)c1ccc(OC)c(-n2cnnn2)c1)[C@H](C)C(C)C. The highest BCUT2D eigenvalue weighted by Gasteiger charge is 2.23. The van der Waals surface area contributed by atoms with Crippen molar-refractivity contribution in [2.45, 2.75) is 33.7 Å². The molecule has 0 aliphatic heterocycles. The van der Waals surface area contributed by atoms with Crippen molar-refractivity contribution in [2.75, 3.05) is 13.7 Å². The number of aromatic nitrogens is 4. The van der Waals surface area contributed by atoms with Gasteiger partial charge in [0.25, 0.3) is 5.91 Å². The van der Waals surface area contributed by atoms with Gasteiger partial charge in [0.05, 0.1) is 7.11 Å². The third-order valence-electron chi connectivity index (χ3n) is 4.08. The Morgan fingerprint density at radius 3 is 2.61 bits per heavy atom. The van der Waals surface area contributed by atoms with Gasteiger partial charge >= 0.3 is 0 Å². The van der Waals surface area contributed by atoms with Crippen molar-refractivity contribution < 1.29 is 9.53 Å². The molecule has 2 aromatic rings. The van der Waals surface area contributed by atoms with Crippen LogP contribution in [-0.4, -0.2) is 50.7 Å². The van der Waals surface area contributed by atoms with Crippen LogP contribution in [0.1, 0.15) is 38.1 Å². The van der Waals surface area contributed by atoms with Crippen LogP contribution >= 0.6 is 0 Å². The second-order valence-corrected chi connectivity index (χ2v) is 5.72. The number of hydrogen-bond acceptors (Lipinski definition) is 5. The third kappa shape index (κ3) is 3.49. The maximum absolute atomic E-state index is 12.9. The van der Waals surface area contributed by atoms with Gasteiger partial charge in [0.2, 0.25) is 0 Å². The largest absolute Gasteiger partial charge is 0.494 e. The van der Waals surface area contributed by atoms with E-state index in [2.05, 4.69) is 36.3 Å². The molecule has 1 atom stereocenters. The number of carbonyl (C=O) groups is 1. The number of nitrogens with zero attached hydrogens (tertiary/aromatic N) is 5. The molecule has 23 heavy (non-hydrogen) atoms. The van der Waals surface area contributed by atoms with Crippen molar-refractivity contribution in [1.82, 2.24) is 25.1 Å². The predicted octanol–water partition coefficient (Wildman–Crippen LogP) is 2.18. The molecule has 0 spiro atoms. The lowest BCUT2D eigenvalue weighted by atomic mass is 10.0. The Labute approximate surface area is 136 Å². The maximum Gasteiger partial charge on any atom is 0.254 e. The van der Waals surface area contributed by atoms with E-state index in [0.29, 0.717) is 29.5 Å². The molecular formula is C16H23N5O2. The average Bonchev–Trinajstić information content (AvgIpc) is 3.08. The van der Waals surface area contributed by atoms with E-state index >= 15 is 0 Å². The number of carbonyl (C=O) groups excluding carboxylic acids is 1. The lowest BCUT2D eigenvalue weighted by molar-refractivity contribution is 0.0660. The summed E-state index contributed by atoms with van der Waals surface area (Å²) in [7, 11) is 1.57. The Hall–Kier alpha value is -2.44. The number of benzene rings is 1. The molecule has 7 heteroatoms. The fraction of sp³-hybridized carbons (Fsp3) is 0.500. The van der Waals surface area contributed by atoms with Crippen LogP contribution in [0.25, 0.3) is 5.69 Å². The first-order chi connectivity index (χ1) is 11.0. The van der Waals surface area contributed by atoms with E-state index in [0.717, 1.165) is 0 Å². The van der Waals surface area contributed by atoms with Gasteiger partial charge in [0.15, 0.2) is 0 Å². The van der Waals surface area contributed by atoms with Gasteiger partial charge in [-0.3, -0.25) is 4.79 Å². The van der Waals surface area contributed by atoms with Crippen molar-refractivity contribution in [2.24, 2.45) is 5.92 Å². The van der Waals surface area contributed by atoms with E-state index in [4.69, 9.17) is 4.74 Å². The van der Waals surface area contributed by atoms with E-state index in [1.54, 1.807) is 25.3 Å². The number of ether oxygens (including phenoxy) is 1. The molecule has 7 nitrogen and oxygen atoms in total. The number of methoxy groups -OCH3 is 1. The Morgan fingerprint density at radius 1 is 1.35 bits per heavy atom. The van der Waals surface area contributed by atoms with E-state index in [-0.39, 0.29) is 11.9 Å². The van der Waals surface area contributed by atoms with Crippen LogP contribution in [0.4, 0.5) is 0 Å². The van der Waals surface area contributed by atoms with E-state index < -0.39 is 0 Å². The number of rotatable bonds is 6. The Balaban J connectivity index is 2.40. The fourth-order valence-electron chi connectivity index (χ4n) is 2.42. The zero-order valence-corrected chi connectivity index (χ0v) is 14.2. The summed E-state index contributed by atoms with van der Waals surface area (Å²) in [5.41, 5.74) is 1.22. The average molecular weight is 317 g/mol. The topological polar surface area (TPSA) is 73.1 Å². The number of tetrazole rings is 1. The van der Waals surface area contributed by atoms with Crippen LogP contribution in [0, 0.1) is 5.92 Å². The third-order valence-corrected chi connectivity index (χ3v) is 4.08. The summed E-state index contributed by atoms with van der Waals surface area (Å²) >= 11 is 0. The zero-order chi connectivity index (χ0) is 17.0. The fourth-order valence-corrected chi connectivity index (χ4v) is 2.42. The van der Waals surface area contributed by atoms with Crippen LogP contribution < -0.4 is 4.74 Å². The highest BCUT2D eigenvalue weighted by molar-refractivity contribution is 5.95. The molecule has 1 aromatic heterocycles. The highest BCUT2D eigenvalue weighted by atomic mass is 16.5. The standard InChI is InChI=1S/C16H23N5O2/c1-6-20(12(4)11(2)3)16(22)13-7-8-15(23-5)14(9-13)21-10-17-18-19-21/h7-12H,6H2,1-5H3/t12-/m1/s1. The molecule has 0 saturated carbocycles. The van der Waals surface area contributed by atoms with Gasteiger partial charge in [0, 0.05) is 18.2 Å². The van der Waals surface area contributed by atoms with Crippen molar-refractivity contribution in [3.8, 4) is 11.4 Å². The van der Waals surface area contributed by atoms with Crippen LogP contribution in [0.3, 0.4) is 0 Å². The van der Waals surface area contributed by atoms with E-state index in [9.17, 15) is 4.79 Å². The molecule has 0 bridgehead atoms. The molecule has 0 N–H and O–H groups in total. The molecule has 1 amide bonds. The molecule has 0 saturated heterocycles. The minimum Gasteiger partial charge on any atom is -0.494 e. The lowest BCUT2D eigenvalue weighted by Crippen LogP contribution is -2.41. The Kier molecular flexibility index (Phi) is 5.31. The van der Waals surface area contributed by atoms with E-state index in [1.807, 2.05) is 11.8 Å². The first kappa shape index (κ1) is 16.9. The minimum atomic E-state index is -0.00863. The van der Waals surface area contributed by atoms with Crippen LogP contribution in [0.2, 0.25) is 0 Å². The zero-order valence-electron chi connectivity index (χ0n) is 14.2. The number of hydrogen-bond donors (Lipinski definition) is 0. The summed E-state index contributed by atoms with van der Waals surface area (Å²) in [5, 5.41) is 11.1. The second kappa shape index (κ2) is 7.21. The summed E-state index contributed by atoms with van der Waals surface area (Å²) in [4.78, 5) is 14.7. The van der Waals surface area contributed by atoms with Crippen molar-refractivity contribution in [3.63, 3.8) is 0 Å². The summed E-state index contributed by atoms with van der Waals surface area (Å²) in [6.07, 6.45) is 1.47. The molecule has 1 aromatic carbocycles. The van der Waals surface area contributed by atoms with Crippen molar-refractivity contribution >= 4 is 5.91 Å². The molecule has 0 aliphatic rings. The molecule has 124 valence electrons. The summed E-state index contributed by atoms with van der Waals surface area (Å²) in [6.45, 7) is 8.94. The van der Waals surface area contributed by atoms with Gasteiger partial charge in [-0.2, -0.15) is 4.68 Å². The predicted molar refractivity (Wildman–Crippen MR) is 86.7 cm³/mol. The monoisotopic (exact) mass is 317 g/mol. The molecular weight excluding hydrogens is 294 g/mol. The van der Waals surface area contributed by atoms with Gasteiger partial charge in [-0.15, -0.1) is 5.10 Å². The number of amides is 1. The normalized spacial score (nSPS) is 12.3. The lowest BCUT2D eigenvalue weighted by Gasteiger charge is -2.31. The maximum atomic E-state index is 12.9. The first-order valence-electron chi connectivity index (χ1n) is 7.72. The minimum absolute atomic E-state index is 0.00863. The van der Waals surface area contributed by atoms with Crippen molar-refractivity contribution in [3.05, 3.63) is 30.1 Å². The molecule has 0 aliphatic carbocycles. The van der Waals surface area contributed by atoms with Gasteiger partial charge < -0.3 is 9.64 Å². The van der Waals surface area contributed by atoms with Crippen LogP contribution in [0.15, 0.2) is 24.5 Å². The summed E-state index contributed by atoms with van der Waals surface area (Å²) in [5.74, 6) is 0.982. The van der Waals surface area contributed by atoms with Gasteiger partial charge in [-0.25, -0.2) is 0 Å². The first-order valence-corrected chi connectivity index (χ1v) is 7.72. The molecule has 0 unspecified atom stereocenters. The van der Waals surface area contributed by atoms with Crippen LogP contribution in [-0.2, 0) is 0 Å². The van der Waals surface area contributed by atoms with Gasteiger partial charge in [-0.1, -0.05) is 13.8 Å². The summed E-state index contributed by atoms with van der Waals surface area (Å²) in [6, 6.07) is 5.45. The Bertz CT molecular complexity index is 654. The summed E-state index contributed by atoms with van der Waals surface area (Å²) < 4.78 is 6.82. The van der Waals surface area contributed by atoms with Crippen LogP contribution in [0.5, 0.6) is 5.75 Å². The van der Waals surface area contributed by atoms with Gasteiger partial charge in [0.1, 0.15) is 17.8 Å². The molecule has 2 rings (SSSR count). The highest BCUT2D eigenvalue weighted by Crippen LogP contribution is 2.24. The smallest absolute Gasteiger partial charge is 0.254 e. The molecule has 1 heterocycles. The molecule has 0 radical (unpaired) electrons. The second-order valence-electron chi connectivity index (χ2n) is 5.72. The van der Waals surface area contributed by atoms with Gasteiger partial charge in [-0.05, 0) is 48.4 Å². The molecule has 0 fully saturated rings. The van der Waals surface area contributed by atoms with E-state index in [1.165, 1.54) is 11.0 Å². The Morgan fingerprint density at radius 2 is 2.09 bits per heavy atom.